The van der Waals surface area contributed by atoms with Crippen molar-refractivity contribution in [1.29, 1.82) is 0 Å². The lowest BCUT2D eigenvalue weighted by atomic mass is 10.1. The standard InChI is InChI=1S/C27H23N5O/c1-18-13-15-22(16-14-18)30-27(33)24-25(29-21-11-7-4-8-12-21)31-32-23(17-19(2)28-26(24)32)20-9-5-3-6-10-20/h3-17H,1-2H3,(H,29,31)(H,30,33). The van der Waals surface area contributed by atoms with Crippen molar-refractivity contribution in [2.24, 2.45) is 0 Å². The molecule has 162 valence electrons. The van der Waals surface area contributed by atoms with Gasteiger partial charge in [-0.2, -0.15) is 0 Å². The third-order valence-corrected chi connectivity index (χ3v) is 5.36. The van der Waals surface area contributed by atoms with Gasteiger partial charge in [0.05, 0.1) is 5.69 Å². The van der Waals surface area contributed by atoms with Gasteiger partial charge in [0, 0.05) is 22.6 Å². The molecule has 0 unspecified atom stereocenters. The van der Waals surface area contributed by atoms with Gasteiger partial charge < -0.3 is 10.6 Å². The number of aromatic nitrogens is 3. The maximum atomic E-state index is 13.5. The van der Waals surface area contributed by atoms with Crippen LogP contribution in [-0.4, -0.2) is 20.5 Å². The molecule has 33 heavy (non-hydrogen) atoms. The molecule has 0 bridgehead atoms. The maximum absolute atomic E-state index is 13.5. The Morgan fingerprint density at radius 2 is 1.48 bits per heavy atom. The Labute approximate surface area is 191 Å². The van der Waals surface area contributed by atoms with Gasteiger partial charge in [0.15, 0.2) is 11.5 Å². The number of rotatable bonds is 5. The summed E-state index contributed by atoms with van der Waals surface area (Å²) < 4.78 is 1.73. The van der Waals surface area contributed by atoms with Gasteiger partial charge in [-0.15, -0.1) is 5.10 Å². The molecule has 0 saturated heterocycles. The first-order chi connectivity index (χ1) is 16.1. The molecule has 2 aromatic heterocycles. The number of aryl methyl sites for hydroxylation is 2. The number of anilines is 3. The molecule has 0 saturated carbocycles. The highest BCUT2D eigenvalue weighted by Crippen LogP contribution is 2.29. The SMILES string of the molecule is Cc1ccc(NC(=O)c2c(Nc3ccccc3)nn3c(-c4ccccc4)cc(C)nc23)cc1. The molecule has 0 aliphatic heterocycles. The molecule has 0 spiro atoms. The lowest BCUT2D eigenvalue weighted by molar-refractivity contribution is 0.102. The summed E-state index contributed by atoms with van der Waals surface area (Å²) in [6.07, 6.45) is 0. The largest absolute Gasteiger partial charge is 0.338 e. The number of carbonyl (C=O) groups excluding carboxylic acids is 1. The average Bonchev–Trinajstić information content (AvgIpc) is 3.19. The maximum Gasteiger partial charge on any atom is 0.263 e. The highest BCUT2D eigenvalue weighted by molar-refractivity contribution is 6.12. The lowest BCUT2D eigenvalue weighted by Crippen LogP contribution is -2.14. The first kappa shape index (κ1) is 20.5. The summed E-state index contributed by atoms with van der Waals surface area (Å²) in [4.78, 5) is 18.2. The molecular weight excluding hydrogens is 410 g/mol. The van der Waals surface area contributed by atoms with Crippen LogP contribution in [0.2, 0.25) is 0 Å². The van der Waals surface area contributed by atoms with Crippen LogP contribution in [0.15, 0.2) is 91.0 Å². The number of carbonyl (C=O) groups is 1. The second-order valence-electron chi connectivity index (χ2n) is 7.92. The second kappa shape index (κ2) is 8.59. The average molecular weight is 434 g/mol. The number of benzene rings is 3. The van der Waals surface area contributed by atoms with Gasteiger partial charge in [0.2, 0.25) is 0 Å². The molecule has 3 aromatic carbocycles. The van der Waals surface area contributed by atoms with Crippen molar-refractivity contribution in [3.05, 3.63) is 108 Å². The minimum atomic E-state index is -0.274. The zero-order chi connectivity index (χ0) is 22.8. The Bertz CT molecular complexity index is 1420. The lowest BCUT2D eigenvalue weighted by Gasteiger charge is -2.08. The van der Waals surface area contributed by atoms with Crippen LogP contribution in [0.3, 0.4) is 0 Å². The van der Waals surface area contributed by atoms with E-state index in [1.807, 2.05) is 105 Å². The normalized spacial score (nSPS) is 10.8. The number of hydrogen-bond donors (Lipinski definition) is 2. The number of amides is 1. The fourth-order valence-electron chi connectivity index (χ4n) is 3.74. The highest BCUT2D eigenvalue weighted by atomic mass is 16.1. The third-order valence-electron chi connectivity index (χ3n) is 5.36. The van der Waals surface area contributed by atoms with Crippen molar-refractivity contribution in [3.63, 3.8) is 0 Å². The first-order valence-electron chi connectivity index (χ1n) is 10.7. The Kier molecular flexibility index (Phi) is 5.32. The second-order valence-corrected chi connectivity index (χ2v) is 7.92. The molecule has 0 aliphatic carbocycles. The van der Waals surface area contributed by atoms with Gasteiger partial charge >= 0.3 is 0 Å². The van der Waals surface area contributed by atoms with E-state index in [1.165, 1.54) is 0 Å². The fraction of sp³-hybridized carbons (Fsp3) is 0.0741. The molecule has 0 radical (unpaired) electrons. The highest BCUT2D eigenvalue weighted by Gasteiger charge is 2.24. The van der Waals surface area contributed by atoms with Crippen LogP contribution in [-0.2, 0) is 0 Å². The van der Waals surface area contributed by atoms with Gasteiger partial charge in [0.1, 0.15) is 5.56 Å². The molecule has 6 heteroatoms. The predicted octanol–water partition coefficient (Wildman–Crippen LogP) is 6.01. The van der Waals surface area contributed by atoms with E-state index in [9.17, 15) is 4.79 Å². The summed E-state index contributed by atoms with van der Waals surface area (Å²) in [7, 11) is 0. The summed E-state index contributed by atoms with van der Waals surface area (Å²) in [5, 5.41) is 11.1. The van der Waals surface area contributed by atoms with E-state index in [0.717, 1.165) is 28.2 Å². The number of hydrogen-bond acceptors (Lipinski definition) is 4. The predicted molar refractivity (Wildman–Crippen MR) is 132 cm³/mol. The Morgan fingerprint density at radius 3 is 2.18 bits per heavy atom. The molecule has 6 nitrogen and oxygen atoms in total. The summed E-state index contributed by atoms with van der Waals surface area (Å²) in [6.45, 7) is 3.93. The third kappa shape index (κ3) is 4.19. The van der Waals surface area contributed by atoms with Crippen molar-refractivity contribution >= 4 is 28.7 Å². The summed E-state index contributed by atoms with van der Waals surface area (Å²) in [6, 6.07) is 29.3. The van der Waals surface area contributed by atoms with Crippen molar-refractivity contribution in [1.82, 2.24) is 14.6 Å². The Balaban J connectivity index is 1.67. The van der Waals surface area contributed by atoms with Crippen LogP contribution in [0.4, 0.5) is 17.2 Å². The number of para-hydroxylation sites is 1. The van der Waals surface area contributed by atoms with E-state index in [2.05, 4.69) is 10.6 Å². The number of fused-ring (bicyclic) bond motifs is 1. The fourth-order valence-corrected chi connectivity index (χ4v) is 3.74. The van der Waals surface area contributed by atoms with E-state index in [1.54, 1.807) is 4.52 Å². The van der Waals surface area contributed by atoms with Gasteiger partial charge in [0.25, 0.3) is 5.91 Å². The molecule has 5 aromatic rings. The zero-order valence-corrected chi connectivity index (χ0v) is 18.4. The van der Waals surface area contributed by atoms with E-state index in [4.69, 9.17) is 10.1 Å². The monoisotopic (exact) mass is 433 g/mol. The summed E-state index contributed by atoms with van der Waals surface area (Å²) in [5.41, 5.74) is 6.22. The molecule has 0 aliphatic rings. The van der Waals surface area contributed by atoms with Crippen LogP contribution < -0.4 is 10.6 Å². The van der Waals surface area contributed by atoms with Crippen molar-refractivity contribution in [2.45, 2.75) is 13.8 Å². The minimum absolute atomic E-state index is 0.274. The van der Waals surface area contributed by atoms with Crippen LogP contribution in [0.5, 0.6) is 0 Å². The quantitative estimate of drug-likeness (QED) is 0.356. The molecular formula is C27H23N5O. The molecule has 1 amide bonds. The van der Waals surface area contributed by atoms with Crippen molar-refractivity contribution < 1.29 is 4.79 Å². The van der Waals surface area contributed by atoms with Crippen molar-refractivity contribution in [2.75, 3.05) is 10.6 Å². The molecule has 0 fully saturated rings. The van der Waals surface area contributed by atoms with Crippen LogP contribution in [0, 0.1) is 13.8 Å². The van der Waals surface area contributed by atoms with E-state index >= 15 is 0 Å². The Morgan fingerprint density at radius 1 is 0.818 bits per heavy atom. The number of nitrogens with one attached hydrogen (secondary N) is 2. The van der Waals surface area contributed by atoms with Gasteiger partial charge in [-0.05, 0) is 44.2 Å². The molecule has 0 atom stereocenters. The van der Waals surface area contributed by atoms with Gasteiger partial charge in [-0.1, -0.05) is 66.2 Å². The van der Waals surface area contributed by atoms with E-state index < -0.39 is 0 Å². The smallest absolute Gasteiger partial charge is 0.263 e. The van der Waals surface area contributed by atoms with Crippen LogP contribution in [0.25, 0.3) is 16.9 Å². The van der Waals surface area contributed by atoms with E-state index in [-0.39, 0.29) is 5.91 Å². The molecule has 2 heterocycles. The minimum Gasteiger partial charge on any atom is -0.338 e. The van der Waals surface area contributed by atoms with Gasteiger partial charge in [-0.25, -0.2) is 9.50 Å². The van der Waals surface area contributed by atoms with Gasteiger partial charge in [-0.3, -0.25) is 4.79 Å². The van der Waals surface area contributed by atoms with Crippen LogP contribution >= 0.6 is 0 Å². The van der Waals surface area contributed by atoms with Crippen LogP contribution in [0.1, 0.15) is 21.6 Å². The van der Waals surface area contributed by atoms with Crippen molar-refractivity contribution in [3.8, 4) is 11.3 Å². The molecule has 2 N–H and O–H groups in total. The summed E-state index contributed by atoms with van der Waals surface area (Å²) in [5.74, 6) is 0.172. The first-order valence-corrected chi connectivity index (χ1v) is 10.7. The zero-order valence-electron chi connectivity index (χ0n) is 18.4. The number of nitrogens with zero attached hydrogens (tertiary/aromatic N) is 3. The Hall–Kier alpha value is -4.45. The molecule has 5 rings (SSSR count). The summed E-state index contributed by atoms with van der Waals surface area (Å²) >= 11 is 0. The van der Waals surface area contributed by atoms with E-state index in [0.29, 0.717) is 22.7 Å². The topological polar surface area (TPSA) is 71.3 Å².